The summed E-state index contributed by atoms with van der Waals surface area (Å²) in [5.74, 6) is -1.14. The third kappa shape index (κ3) is 0.802. The average molecular weight is 236 g/mol. The number of carbonyl (C=O) groups is 1. The largest absolute Gasteiger partial charge is 0.386 e. The first kappa shape index (κ1) is 10.5. The van der Waals surface area contributed by atoms with Crippen molar-refractivity contribution in [2.24, 2.45) is 21.6 Å². The van der Waals surface area contributed by atoms with Gasteiger partial charge in [-0.15, -0.1) is 0 Å². The summed E-state index contributed by atoms with van der Waals surface area (Å²) in [6.07, 6.45) is 0. The van der Waals surface area contributed by atoms with Crippen molar-refractivity contribution in [3.8, 4) is 12.1 Å². The fourth-order valence-electron chi connectivity index (χ4n) is 2.96. The van der Waals surface area contributed by atoms with Crippen LogP contribution in [-0.2, 0) is 4.79 Å². The zero-order chi connectivity index (χ0) is 13.0. The minimum absolute atomic E-state index is 0.0367. The summed E-state index contributed by atoms with van der Waals surface area (Å²) in [7, 11) is 0. The molecule has 1 aromatic rings. The van der Waals surface area contributed by atoms with Gasteiger partial charge in [0.25, 0.3) is 5.91 Å². The van der Waals surface area contributed by atoms with Gasteiger partial charge in [0.1, 0.15) is 5.84 Å². The molecule has 1 saturated carbocycles. The lowest BCUT2D eigenvalue weighted by Crippen LogP contribution is -2.25. The molecule has 1 aliphatic carbocycles. The van der Waals surface area contributed by atoms with Crippen molar-refractivity contribution in [1.82, 2.24) is 0 Å². The van der Waals surface area contributed by atoms with Crippen LogP contribution in [0.1, 0.15) is 11.5 Å². The summed E-state index contributed by atoms with van der Waals surface area (Å²) in [6, 6.07) is 13.0. The molecule has 5 nitrogen and oxygen atoms in total. The lowest BCUT2D eigenvalue weighted by molar-refractivity contribution is -0.120. The summed E-state index contributed by atoms with van der Waals surface area (Å²) < 4.78 is 0. The molecule has 5 heteroatoms. The van der Waals surface area contributed by atoms with Crippen LogP contribution in [0.4, 0.5) is 0 Å². The van der Waals surface area contributed by atoms with E-state index in [2.05, 4.69) is 4.99 Å². The SMILES string of the molecule is N#C[C@]12C(=O)N=C(N)[C@]1(C#N)[C@H]2c1ccccc1. The molecule has 0 spiro atoms. The Morgan fingerprint density at radius 3 is 2.28 bits per heavy atom. The van der Waals surface area contributed by atoms with Gasteiger partial charge >= 0.3 is 0 Å². The minimum atomic E-state index is -1.42. The van der Waals surface area contributed by atoms with Crippen LogP contribution in [0.2, 0.25) is 0 Å². The molecule has 1 fully saturated rings. The number of nitrogens with two attached hydrogens (primary N) is 1. The first-order valence-corrected chi connectivity index (χ1v) is 5.41. The minimum Gasteiger partial charge on any atom is -0.386 e. The Morgan fingerprint density at radius 2 is 1.78 bits per heavy atom. The molecule has 86 valence electrons. The van der Waals surface area contributed by atoms with Crippen molar-refractivity contribution in [1.29, 1.82) is 10.5 Å². The molecule has 1 amide bonds. The number of hydrogen-bond donors (Lipinski definition) is 1. The van der Waals surface area contributed by atoms with E-state index < -0.39 is 22.7 Å². The number of fused-ring (bicyclic) bond motifs is 1. The van der Waals surface area contributed by atoms with E-state index >= 15 is 0 Å². The smallest absolute Gasteiger partial charge is 0.270 e. The zero-order valence-corrected chi connectivity index (χ0v) is 9.29. The van der Waals surface area contributed by atoms with Crippen LogP contribution < -0.4 is 5.73 Å². The molecular formula is C13H8N4O. The number of rotatable bonds is 1. The Hall–Kier alpha value is -2.66. The van der Waals surface area contributed by atoms with E-state index in [4.69, 9.17) is 5.73 Å². The number of carbonyl (C=O) groups excluding carboxylic acids is 1. The van der Waals surface area contributed by atoms with Crippen LogP contribution in [0.5, 0.6) is 0 Å². The van der Waals surface area contributed by atoms with Gasteiger partial charge in [0, 0.05) is 5.92 Å². The molecule has 2 N–H and O–H groups in total. The predicted molar refractivity (Wildman–Crippen MR) is 61.9 cm³/mol. The van der Waals surface area contributed by atoms with Crippen LogP contribution in [-0.4, -0.2) is 11.7 Å². The molecule has 0 radical (unpaired) electrons. The quantitative estimate of drug-likeness (QED) is 0.775. The topological polar surface area (TPSA) is 103 Å². The lowest BCUT2D eigenvalue weighted by Gasteiger charge is -2.05. The molecule has 1 aliphatic heterocycles. The molecule has 1 heterocycles. The van der Waals surface area contributed by atoms with Crippen LogP contribution in [0.25, 0.3) is 0 Å². The Labute approximate surface area is 103 Å². The third-order valence-electron chi connectivity index (χ3n) is 3.85. The molecule has 0 aromatic heterocycles. The van der Waals surface area contributed by atoms with Gasteiger partial charge in [0.2, 0.25) is 0 Å². The second-order valence-corrected chi connectivity index (χ2v) is 4.49. The van der Waals surface area contributed by atoms with Gasteiger partial charge in [-0.3, -0.25) is 4.79 Å². The molecule has 2 aliphatic rings. The maximum absolute atomic E-state index is 11.9. The second kappa shape index (κ2) is 2.96. The van der Waals surface area contributed by atoms with Crippen molar-refractivity contribution in [3.05, 3.63) is 35.9 Å². The van der Waals surface area contributed by atoms with Gasteiger partial charge in [-0.1, -0.05) is 30.3 Å². The summed E-state index contributed by atoms with van der Waals surface area (Å²) in [5, 5.41) is 18.7. The van der Waals surface area contributed by atoms with E-state index in [9.17, 15) is 15.3 Å². The first-order chi connectivity index (χ1) is 8.65. The second-order valence-electron chi connectivity index (χ2n) is 4.49. The van der Waals surface area contributed by atoms with E-state index in [-0.39, 0.29) is 5.84 Å². The fraction of sp³-hybridized carbons (Fsp3) is 0.231. The summed E-state index contributed by atoms with van der Waals surface area (Å²) in [6.45, 7) is 0. The first-order valence-electron chi connectivity index (χ1n) is 5.41. The van der Waals surface area contributed by atoms with E-state index in [1.165, 1.54) is 0 Å². The highest BCUT2D eigenvalue weighted by atomic mass is 16.2. The number of hydrogen-bond acceptors (Lipinski definition) is 4. The van der Waals surface area contributed by atoms with Crippen LogP contribution >= 0.6 is 0 Å². The van der Waals surface area contributed by atoms with Crippen LogP contribution in [0.3, 0.4) is 0 Å². The summed E-state index contributed by atoms with van der Waals surface area (Å²) in [4.78, 5) is 15.5. The molecular weight excluding hydrogens is 228 g/mol. The highest BCUT2D eigenvalue weighted by Crippen LogP contribution is 2.76. The van der Waals surface area contributed by atoms with Crippen molar-refractivity contribution in [3.63, 3.8) is 0 Å². The maximum Gasteiger partial charge on any atom is 0.270 e. The molecule has 3 rings (SSSR count). The number of nitrogens with zero attached hydrogens (tertiary/aromatic N) is 3. The van der Waals surface area contributed by atoms with Gasteiger partial charge < -0.3 is 5.73 Å². The van der Waals surface area contributed by atoms with Crippen molar-refractivity contribution in [2.75, 3.05) is 0 Å². The van der Waals surface area contributed by atoms with Crippen molar-refractivity contribution >= 4 is 11.7 Å². The standard InChI is InChI=1S/C13H8N4O/c14-6-12-9(8-4-2-1-3-5-8)13(12,7-15)11(18)17-10(12)16/h1-5,9H,(H2,16,17,18)/t9-,12+,13+/m1/s1. The van der Waals surface area contributed by atoms with Gasteiger partial charge in [-0.2, -0.15) is 15.5 Å². The monoisotopic (exact) mass is 236 g/mol. The summed E-state index contributed by atoms with van der Waals surface area (Å²) in [5.41, 5.74) is 3.77. The fourth-order valence-corrected chi connectivity index (χ4v) is 2.96. The third-order valence-corrected chi connectivity index (χ3v) is 3.85. The van der Waals surface area contributed by atoms with Gasteiger partial charge in [-0.25, -0.2) is 0 Å². The van der Waals surface area contributed by atoms with Crippen LogP contribution in [0, 0.1) is 33.5 Å². The van der Waals surface area contributed by atoms with E-state index in [1.54, 1.807) is 24.3 Å². The molecule has 0 saturated heterocycles. The van der Waals surface area contributed by atoms with E-state index in [0.717, 1.165) is 5.56 Å². The molecule has 3 atom stereocenters. The van der Waals surface area contributed by atoms with E-state index in [1.807, 2.05) is 18.2 Å². The Kier molecular flexibility index (Phi) is 1.73. The normalized spacial score (nSPS) is 36.2. The number of benzene rings is 1. The molecule has 0 unspecified atom stereocenters. The zero-order valence-electron chi connectivity index (χ0n) is 9.29. The van der Waals surface area contributed by atoms with Crippen molar-refractivity contribution < 1.29 is 4.79 Å². The van der Waals surface area contributed by atoms with Gasteiger partial charge in [0.05, 0.1) is 12.1 Å². The number of nitriles is 2. The van der Waals surface area contributed by atoms with Gasteiger partial charge in [-0.05, 0) is 5.56 Å². The lowest BCUT2D eigenvalue weighted by atomic mass is 9.97. The maximum atomic E-state index is 11.9. The Bertz CT molecular complexity index is 666. The van der Waals surface area contributed by atoms with Crippen molar-refractivity contribution in [2.45, 2.75) is 5.92 Å². The average Bonchev–Trinajstić information content (AvgIpc) is 2.97. The molecule has 18 heavy (non-hydrogen) atoms. The van der Waals surface area contributed by atoms with Crippen LogP contribution in [0.15, 0.2) is 35.3 Å². The number of amidine groups is 1. The Morgan fingerprint density at radius 1 is 1.17 bits per heavy atom. The van der Waals surface area contributed by atoms with Gasteiger partial charge in [0.15, 0.2) is 10.8 Å². The highest BCUT2D eigenvalue weighted by Gasteiger charge is 2.88. The predicted octanol–water partition coefficient (Wildman–Crippen LogP) is 0.701. The number of amides is 1. The summed E-state index contributed by atoms with van der Waals surface area (Å²) >= 11 is 0. The molecule has 0 bridgehead atoms. The highest BCUT2D eigenvalue weighted by molar-refractivity contribution is 6.18. The number of aliphatic imine (C=N–C) groups is 1. The van der Waals surface area contributed by atoms with E-state index in [0.29, 0.717) is 0 Å². The Balaban J connectivity index is 2.22. The molecule has 1 aromatic carbocycles.